The molecule has 3 rings (SSSR count). The molecule has 0 saturated carbocycles. The number of carbonyl (C=O) groups excluding carboxylic acids is 1. The fourth-order valence-corrected chi connectivity index (χ4v) is 3.39. The highest BCUT2D eigenvalue weighted by Gasteiger charge is 2.32. The van der Waals surface area contributed by atoms with Crippen LogP contribution in [0.4, 0.5) is 10.1 Å². The number of anilines is 1. The second kappa shape index (κ2) is 7.85. The highest BCUT2D eigenvalue weighted by atomic mass is 35.5. The summed E-state index contributed by atoms with van der Waals surface area (Å²) >= 11 is 7.38. The number of hydrogen-bond acceptors (Lipinski definition) is 3. The van der Waals surface area contributed by atoms with E-state index in [-0.39, 0.29) is 10.9 Å². The molecule has 0 unspecified atom stereocenters. The number of thioether (sulfide) groups is 1. The summed E-state index contributed by atoms with van der Waals surface area (Å²) in [5.41, 5.74) is 1.76. The molecular formula is C19H16ClFN2OS. The summed E-state index contributed by atoms with van der Waals surface area (Å²) in [6.45, 7) is 2.06. The Labute approximate surface area is 155 Å². The van der Waals surface area contributed by atoms with Crippen LogP contribution < -0.4 is 4.90 Å². The average molecular weight is 375 g/mol. The number of aliphatic imine (C=N–C) groups is 1. The summed E-state index contributed by atoms with van der Waals surface area (Å²) in [6, 6.07) is 13.8. The van der Waals surface area contributed by atoms with E-state index in [0.29, 0.717) is 16.6 Å². The zero-order valence-electron chi connectivity index (χ0n) is 13.6. The van der Waals surface area contributed by atoms with E-state index in [1.165, 1.54) is 34.9 Å². The van der Waals surface area contributed by atoms with E-state index >= 15 is 0 Å². The Balaban J connectivity index is 1.99. The van der Waals surface area contributed by atoms with Crippen molar-refractivity contribution >= 4 is 46.2 Å². The minimum Gasteiger partial charge on any atom is -0.266 e. The van der Waals surface area contributed by atoms with Gasteiger partial charge in [-0.3, -0.25) is 9.69 Å². The largest absolute Gasteiger partial charge is 0.283 e. The zero-order chi connectivity index (χ0) is 17.8. The first kappa shape index (κ1) is 17.7. The van der Waals surface area contributed by atoms with Crippen molar-refractivity contribution in [2.75, 3.05) is 10.7 Å². The molecule has 1 aliphatic rings. The molecule has 1 heterocycles. The van der Waals surface area contributed by atoms with Crippen LogP contribution in [0.2, 0.25) is 5.02 Å². The van der Waals surface area contributed by atoms with Crippen LogP contribution in [0, 0.1) is 5.82 Å². The highest BCUT2D eigenvalue weighted by molar-refractivity contribution is 8.14. The Morgan fingerprint density at radius 2 is 2.00 bits per heavy atom. The molecule has 0 fully saturated rings. The van der Waals surface area contributed by atoms with Crippen molar-refractivity contribution < 1.29 is 9.18 Å². The van der Waals surface area contributed by atoms with Crippen LogP contribution in [-0.4, -0.2) is 16.8 Å². The summed E-state index contributed by atoms with van der Waals surface area (Å²) < 4.78 is 13.5. The van der Waals surface area contributed by atoms with Gasteiger partial charge in [0.25, 0.3) is 5.91 Å². The number of amidine groups is 1. The lowest BCUT2D eigenvalue weighted by Crippen LogP contribution is -2.30. The SMILES string of the molecule is CCCSC1=N/C(=C/c2ccccc2)C(=O)N1c1ccc(F)c(Cl)c1. The van der Waals surface area contributed by atoms with E-state index < -0.39 is 5.82 Å². The van der Waals surface area contributed by atoms with E-state index in [1.807, 2.05) is 30.3 Å². The first-order chi connectivity index (χ1) is 12.1. The van der Waals surface area contributed by atoms with Crippen molar-refractivity contribution in [3.05, 3.63) is 70.6 Å². The smallest absolute Gasteiger partial charge is 0.266 e. The Kier molecular flexibility index (Phi) is 5.56. The maximum absolute atomic E-state index is 13.5. The first-order valence-electron chi connectivity index (χ1n) is 7.88. The number of hydrogen-bond donors (Lipinski definition) is 0. The molecule has 25 heavy (non-hydrogen) atoms. The van der Waals surface area contributed by atoms with Gasteiger partial charge in [-0.2, -0.15) is 0 Å². The van der Waals surface area contributed by atoms with Crippen molar-refractivity contribution in [3.63, 3.8) is 0 Å². The summed E-state index contributed by atoms with van der Waals surface area (Å²) in [7, 11) is 0. The molecule has 0 spiro atoms. The van der Waals surface area contributed by atoms with Gasteiger partial charge in [0, 0.05) is 5.75 Å². The quantitative estimate of drug-likeness (QED) is 0.674. The number of nitrogens with zero attached hydrogens (tertiary/aromatic N) is 2. The summed E-state index contributed by atoms with van der Waals surface area (Å²) in [6.07, 6.45) is 2.70. The van der Waals surface area contributed by atoms with Crippen LogP contribution in [-0.2, 0) is 4.79 Å². The third kappa shape index (κ3) is 3.94. The van der Waals surface area contributed by atoms with E-state index in [2.05, 4.69) is 11.9 Å². The van der Waals surface area contributed by atoms with Crippen LogP contribution in [0.5, 0.6) is 0 Å². The highest BCUT2D eigenvalue weighted by Crippen LogP contribution is 2.31. The van der Waals surface area contributed by atoms with Gasteiger partial charge in [-0.25, -0.2) is 9.38 Å². The maximum Gasteiger partial charge on any atom is 0.283 e. The Hall–Kier alpha value is -2.11. The minimum absolute atomic E-state index is 0.0226. The number of amides is 1. The average Bonchev–Trinajstić information content (AvgIpc) is 2.92. The molecule has 1 amide bonds. The molecule has 0 bridgehead atoms. The molecular weight excluding hydrogens is 359 g/mol. The van der Waals surface area contributed by atoms with Crippen LogP contribution >= 0.6 is 23.4 Å². The molecule has 0 atom stereocenters. The van der Waals surface area contributed by atoms with Gasteiger partial charge in [0.05, 0.1) is 10.7 Å². The maximum atomic E-state index is 13.5. The standard InChI is InChI=1S/C19H16ClFN2OS/c1-2-10-25-19-22-17(11-13-6-4-3-5-7-13)18(24)23(19)14-8-9-16(21)15(20)12-14/h3-9,11-12H,2,10H2,1H3/b17-11+. The normalized spacial score (nSPS) is 15.8. The molecule has 0 aliphatic carbocycles. The van der Waals surface area contributed by atoms with E-state index in [9.17, 15) is 9.18 Å². The topological polar surface area (TPSA) is 32.7 Å². The molecule has 3 nitrogen and oxygen atoms in total. The minimum atomic E-state index is -0.517. The molecule has 0 aromatic heterocycles. The van der Waals surface area contributed by atoms with Gasteiger partial charge in [0.15, 0.2) is 5.17 Å². The van der Waals surface area contributed by atoms with E-state index in [0.717, 1.165) is 17.7 Å². The Morgan fingerprint density at radius 1 is 1.24 bits per heavy atom. The van der Waals surface area contributed by atoms with Crippen molar-refractivity contribution in [2.24, 2.45) is 4.99 Å². The van der Waals surface area contributed by atoms with Gasteiger partial charge in [-0.1, -0.05) is 60.6 Å². The predicted molar refractivity (Wildman–Crippen MR) is 103 cm³/mol. The second-order valence-electron chi connectivity index (χ2n) is 5.42. The predicted octanol–water partition coefficient (Wildman–Crippen LogP) is 5.37. The molecule has 6 heteroatoms. The van der Waals surface area contributed by atoms with E-state index in [4.69, 9.17) is 11.6 Å². The van der Waals surface area contributed by atoms with Crippen LogP contribution in [0.1, 0.15) is 18.9 Å². The number of benzene rings is 2. The van der Waals surface area contributed by atoms with Crippen molar-refractivity contribution in [1.29, 1.82) is 0 Å². The lowest BCUT2D eigenvalue weighted by Gasteiger charge is -2.18. The first-order valence-corrected chi connectivity index (χ1v) is 9.24. The Bertz CT molecular complexity index is 852. The molecule has 1 aliphatic heterocycles. The molecule has 2 aromatic rings. The summed E-state index contributed by atoms with van der Waals surface area (Å²) in [5, 5.41) is 0.558. The molecule has 0 N–H and O–H groups in total. The van der Waals surface area contributed by atoms with Gasteiger partial charge < -0.3 is 0 Å². The van der Waals surface area contributed by atoms with Crippen molar-refractivity contribution in [1.82, 2.24) is 0 Å². The van der Waals surface area contributed by atoms with Crippen LogP contribution in [0.25, 0.3) is 6.08 Å². The van der Waals surface area contributed by atoms with Gasteiger partial charge >= 0.3 is 0 Å². The fourth-order valence-electron chi connectivity index (χ4n) is 2.35. The van der Waals surface area contributed by atoms with Gasteiger partial charge in [0.2, 0.25) is 0 Å². The van der Waals surface area contributed by atoms with Crippen molar-refractivity contribution in [3.8, 4) is 0 Å². The fraction of sp³-hybridized carbons (Fsp3) is 0.158. The van der Waals surface area contributed by atoms with Crippen molar-refractivity contribution in [2.45, 2.75) is 13.3 Å². The molecule has 2 aromatic carbocycles. The monoisotopic (exact) mass is 374 g/mol. The summed E-state index contributed by atoms with van der Waals surface area (Å²) in [5.74, 6) is 0.0674. The van der Waals surface area contributed by atoms with Crippen LogP contribution in [0.3, 0.4) is 0 Å². The van der Waals surface area contributed by atoms with E-state index in [1.54, 1.807) is 6.08 Å². The molecule has 0 saturated heterocycles. The second-order valence-corrected chi connectivity index (χ2v) is 6.89. The number of rotatable bonds is 4. The Morgan fingerprint density at radius 3 is 2.68 bits per heavy atom. The lowest BCUT2D eigenvalue weighted by atomic mass is 10.2. The molecule has 0 radical (unpaired) electrons. The third-order valence-corrected chi connectivity index (χ3v) is 4.96. The van der Waals surface area contributed by atoms with Gasteiger partial charge in [0.1, 0.15) is 11.5 Å². The third-order valence-electron chi connectivity index (χ3n) is 3.53. The molecule has 128 valence electrons. The lowest BCUT2D eigenvalue weighted by molar-refractivity contribution is -0.113. The summed E-state index contributed by atoms with van der Waals surface area (Å²) in [4.78, 5) is 18.9. The van der Waals surface area contributed by atoms with Crippen LogP contribution in [0.15, 0.2) is 59.2 Å². The zero-order valence-corrected chi connectivity index (χ0v) is 15.1. The number of carbonyl (C=O) groups is 1. The number of halogens is 2. The van der Waals surface area contributed by atoms with Gasteiger partial charge in [-0.15, -0.1) is 0 Å². The van der Waals surface area contributed by atoms with Gasteiger partial charge in [-0.05, 0) is 36.3 Å².